The maximum Gasteiger partial charge on any atom is 0.241 e. The van der Waals surface area contributed by atoms with Crippen molar-refractivity contribution in [1.29, 1.82) is 5.26 Å². The summed E-state index contributed by atoms with van der Waals surface area (Å²) in [5, 5.41) is 12.3. The Kier molecular flexibility index (Phi) is 4.32. The molecule has 0 aliphatic rings. The SMILES string of the molecule is N#CCC(=O)Nc1nsc(-c2ccc(Cl)c(Cl)c2)n1. The fourth-order valence-corrected chi connectivity index (χ4v) is 2.18. The van der Waals surface area contributed by atoms with Crippen molar-refractivity contribution in [2.45, 2.75) is 6.42 Å². The lowest BCUT2D eigenvalue weighted by Gasteiger charge is -1.98. The second-order valence-corrected chi connectivity index (χ2v) is 5.00. The van der Waals surface area contributed by atoms with E-state index in [9.17, 15) is 4.79 Å². The lowest BCUT2D eigenvalue weighted by atomic mass is 10.2. The Hall–Kier alpha value is -1.68. The van der Waals surface area contributed by atoms with Crippen molar-refractivity contribution >= 4 is 46.6 Å². The van der Waals surface area contributed by atoms with Crippen molar-refractivity contribution in [2.75, 3.05) is 5.32 Å². The number of hydrogen-bond acceptors (Lipinski definition) is 5. The van der Waals surface area contributed by atoms with Crippen molar-refractivity contribution in [3.8, 4) is 16.6 Å². The van der Waals surface area contributed by atoms with Gasteiger partial charge >= 0.3 is 0 Å². The van der Waals surface area contributed by atoms with Crippen molar-refractivity contribution in [3.05, 3.63) is 28.2 Å². The fraction of sp³-hybridized carbons (Fsp3) is 0.0909. The Morgan fingerprint density at radius 2 is 2.21 bits per heavy atom. The summed E-state index contributed by atoms with van der Waals surface area (Å²) in [6, 6.07) is 6.84. The molecule has 2 rings (SSSR count). The van der Waals surface area contributed by atoms with Crippen molar-refractivity contribution < 1.29 is 4.79 Å². The molecule has 0 aliphatic heterocycles. The van der Waals surface area contributed by atoms with Crippen molar-refractivity contribution in [1.82, 2.24) is 9.36 Å². The number of nitrogens with zero attached hydrogens (tertiary/aromatic N) is 3. The Morgan fingerprint density at radius 3 is 2.89 bits per heavy atom. The smallest absolute Gasteiger partial charge is 0.241 e. The first-order valence-corrected chi connectivity index (χ1v) is 6.59. The molecular weight excluding hydrogens is 307 g/mol. The molecule has 1 aromatic heterocycles. The maximum atomic E-state index is 11.2. The lowest BCUT2D eigenvalue weighted by Crippen LogP contribution is -2.11. The zero-order chi connectivity index (χ0) is 13.8. The number of aromatic nitrogens is 2. The summed E-state index contributed by atoms with van der Waals surface area (Å²) in [6.07, 6.45) is -0.235. The molecule has 5 nitrogen and oxygen atoms in total. The van der Waals surface area contributed by atoms with E-state index in [1.165, 1.54) is 0 Å². The highest BCUT2D eigenvalue weighted by molar-refractivity contribution is 7.09. The van der Waals surface area contributed by atoms with E-state index in [0.29, 0.717) is 15.1 Å². The number of amides is 1. The summed E-state index contributed by atoms with van der Waals surface area (Å²) in [5.74, 6) is -0.271. The molecule has 8 heteroatoms. The number of nitriles is 1. The maximum absolute atomic E-state index is 11.2. The van der Waals surface area contributed by atoms with Crippen LogP contribution in [0.5, 0.6) is 0 Å². The van der Waals surface area contributed by atoms with Gasteiger partial charge in [-0.3, -0.25) is 10.1 Å². The highest BCUT2D eigenvalue weighted by Gasteiger charge is 2.10. The van der Waals surface area contributed by atoms with E-state index in [1.807, 2.05) is 0 Å². The van der Waals surface area contributed by atoms with Crippen LogP contribution in [0.15, 0.2) is 18.2 Å². The van der Waals surface area contributed by atoms with Gasteiger partial charge < -0.3 is 0 Å². The van der Waals surface area contributed by atoms with Gasteiger partial charge in [0.2, 0.25) is 11.9 Å². The van der Waals surface area contributed by atoms with Gasteiger partial charge in [-0.15, -0.1) is 0 Å². The first kappa shape index (κ1) is 13.7. The van der Waals surface area contributed by atoms with Crippen LogP contribution in [0.25, 0.3) is 10.6 Å². The molecule has 0 spiro atoms. The summed E-state index contributed by atoms with van der Waals surface area (Å²) in [4.78, 5) is 15.3. The van der Waals surface area contributed by atoms with Crippen LogP contribution < -0.4 is 5.32 Å². The zero-order valence-corrected chi connectivity index (χ0v) is 11.7. The van der Waals surface area contributed by atoms with Crippen LogP contribution in [0, 0.1) is 11.3 Å². The number of carbonyl (C=O) groups is 1. The van der Waals surface area contributed by atoms with E-state index in [1.54, 1.807) is 24.3 Å². The molecule has 0 aliphatic carbocycles. The fourth-order valence-electron chi connectivity index (χ4n) is 1.26. The molecule has 0 saturated carbocycles. The molecule has 96 valence electrons. The first-order valence-electron chi connectivity index (χ1n) is 5.06. The normalized spacial score (nSPS) is 9.95. The third-order valence-electron chi connectivity index (χ3n) is 2.08. The van der Waals surface area contributed by atoms with Gasteiger partial charge in [0, 0.05) is 5.56 Å². The monoisotopic (exact) mass is 312 g/mol. The van der Waals surface area contributed by atoms with Gasteiger partial charge in [0.25, 0.3) is 0 Å². The van der Waals surface area contributed by atoms with Gasteiger partial charge in [0.05, 0.1) is 16.1 Å². The largest absolute Gasteiger partial charge is 0.293 e. The van der Waals surface area contributed by atoms with Gasteiger partial charge in [0.1, 0.15) is 11.4 Å². The molecule has 0 saturated heterocycles. The predicted octanol–water partition coefficient (Wildman–Crippen LogP) is 3.36. The number of rotatable bonds is 3. The van der Waals surface area contributed by atoms with Gasteiger partial charge in [-0.05, 0) is 23.7 Å². The summed E-state index contributed by atoms with van der Waals surface area (Å²) in [5.41, 5.74) is 0.757. The highest BCUT2D eigenvalue weighted by Crippen LogP contribution is 2.29. The van der Waals surface area contributed by atoms with Crippen LogP contribution in [-0.2, 0) is 4.79 Å². The Balaban J connectivity index is 2.19. The van der Waals surface area contributed by atoms with E-state index in [2.05, 4.69) is 14.7 Å². The van der Waals surface area contributed by atoms with E-state index in [-0.39, 0.29) is 12.4 Å². The van der Waals surface area contributed by atoms with Crippen LogP contribution in [-0.4, -0.2) is 15.3 Å². The van der Waals surface area contributed by atoms with E-state index < -0.39 is 5.91 Å². The molecule has 0 bridgehead atoms. The summed E-state index contributed by atoms with van der Waals surface area (Å²) in [7, 11) is 0. The Labute approximate surface area is 123 Å². The third-order valence-corrected chi connectivity index (χ3v) is 3.59. The number of halogens is 2. The van der Waals surface area contributed by atoms with Gasteiger partial charge in [-0.2, -0.15) is 14.6 Å². The molecule has 1 heterocycles. The summed E-state index contributed by atoms with van der Waals surface area (Å²) in [6.45, 7) is 0. The minimum Gasteiger partial charge on any atom is -0.293 e. The molecule has 0 radical (unpaired) electrons. The molecule has 1 N–H and O–H groups in total. The highest BCUT2D eigenvalue weighted by atomic mass is 35.5. The standard InChI is InChI=1S/C11H6Cl2N4OS/c12-7-2-1-6(5-8(7)13)10-16-11(17-19-10)15-9(18)3-4-14/h1-2,5H,3H2,(H,15,17,18). The van der Waals surface area contributed by atoms with Crippen LogP contribution in [0.1, 0.15) is 6.42 Å². The second-order valence-electron chi connectivity index (χ2n) is 3.44. The van der Waals surface area contributed by atoms with Crippen LogP contribution in [0.2, 0.25) is 10.0 Å². The lowest BCUT2D eigenvalue weighted by molar-refractivity contribution is -0.115. The quantitative estimate of drug-likeness (QED) is 0.942. The van der Waals surface area contributed by atoms with Crippen LogP contribution in [0.3, 0.4) is 0 Å². The van der Waals surface area contributed by atoms with Crippen molar-refractivity contribution in [3.63, 3.8) is 0 Å². The van der Waals surface area contributed by atoms with Crippen LogP contribution in [0.4, 0.5) is 5.95 Å². The number of carbonyl (C=O) groups excluding carboxylic acids is 1. The molecule has 1 aromatic carbocycles. The zero-order valence-electron chi connectivity index (χ0n) is 9.35. The van der Waals surface area contributed by atoms with Crippen LogP contribution >= 0.6 is 34.7 Å². The number of benzene rings is 1. The molecule has 0 fully saturated rings. The molecular formula is C11H6Cl2N4OS. The topological polar surface area (TPSA) is 78.7 Å². The molecule has 2 aromatic rings. The average Bonchev–Trinajstić information content (AvgIpc) is 2.81. The summed E-state index contributed by atoms with van der Waals surface area (Å²) < 4.78 is 3.98. The molecule has 0 unspecified atom stereocenters. The minimum absolute atomic E-state index is 0.173. The Morgan fingerprint density at radius 1 is 1.42 bits per heavy atom. The third kappa shape index (κ3) is 3.41. The number of hydrogen-bond donors (Lipinski definition) is 1. The van der Waals surface area contributed by atoms with Crippen molar-refractivity contribution in [2.24, 2.45) is 0 Å². The minimum atomic E-state index is -0.444. The second kappa shape index (κ2) is 5.97. The first-order chi connectivity index (χ1) is 9.10. The average molecular weight is 313 g/mol. The number of anilines is 1. The predicted molar refractivity (Wildman–Crippen MR) is 74.2 cm³/mol. The molecule has 1 amide bonds. The Bertz CT molecular complexity index is 665. The van der Waals surface area contributed by atoms with E-state index in [0.717, 1.165) is 17.1 Å². The van der Waals surface area contributed by atoms with Gasteiger partial charge in [-0.25, -0.2) is 0 Å². The molecule has 19 heavy (non-hydrogen) atoms. The molecule has 0 atom stereocenters. The van der Waals surface area contributed by atoms with Gasteiger partial charge in [0.15, 0.2) is 0 Å². The van der Waals surface area contributed by atoms with E-state index >= 15 is 0 Å². The van der Waals surface area contributed by atoms with Gasteiger partial charge in [-0.1, -0.05) is 29.3 Å². The van der Waals surface area contributed by atoms with E-state index in [4.69, 9.17) is 28.5 Å². The number of nitrogens with one attached hydrogen (secondary N) is 1. The summed E-state index contributed by atoms with van der Waals surface area (Å²) >= 11 is 12.9.